The van der Waals surface area contributed by atoms with Crippen LogP contribution < -0.4 is 0 Å². The van der Waals surface area contributed by atoms with Gasteiger partial charge in [-0.25, -0.2) is 4.39 Å². The van der Waals surface area contributed by atoms with E-state index in [1.54, 1.807) is 6.07 Å². The van der Waals surface area contributed by atoms with Gasteiger partial charge in [0, 0.05) is 11.1 Å². The van der Waals surface area contributed by atoms with Crippen LogP contribution in [0.1, 0.15) is 32.6 Å². The molecule has 0 amide bonds. The Hall–Kier alpha value is -1.67. The standard InChI is InChI=1S/C16H14ClFO/c1-9-6-10(2)15(11(3)7-9)16(19)12-4-5-13(17)14(18)8-12/h4-8H,1-3H3. The van der Waals surface area contributed by atoms with Crippen LogP contribution in [0.2, 0.25) is 5.02 Å². The van der Waals surface area contributed by atoms with Crippen molar-refractivity contribution in [1.29, 1.82) is 0 Å². The zero-order valence-corrected chi connectivity index (χ0v) is 11.8. The van der Waals surface area contributed by atoms with E-state index in [9.17, 15) is 9.18 Å². The molecule has 0 aliphatic rings. The van der Waals surface area contributed by atoms with E-state index >= 15 is 0 Å². The minimum atomic E-state index is -0.574. The molecule has 0 saturated carbocycles. The third-order valence-electron chi connectivity index (χ3n) is 3.09. The number of rotatable bonds is 2. The zero-order chi connectivity index (χ0) is 14.2. The van der Waals surface area contributed by atoms with Crippen LogP contribution >= 0.6 is 11.6 Å². The van der Waals surface area contributed by atoms with Crippen LogP contribution in [-0.4, -0.2) is 5.78 Å². The number of carbonyl (C=O) groups is 1. The largest absolute Gasteiger partial charge is 0.289 e. The normalized spacial score (nSPS) is 10.6. The van der Waals surface area contributed by atoms with Gasteiger partial charge in [-0.05, 0) is 50.1 Å². The molecule has 0 atom stereocenters. The molecule has 98 valence electrons. The fourth-order valence-electron chi connectivity index (χ4n) is 2.32. The van der Waals surface area contributed by atoms with Gasteiger partial charge in [-0.1, -0.05) is 29.3 Å². The highest BCUT2D eigenvalue weighted by molar-refractivity contribution is 6.30. The molecule has 0 aliphatic carbocycles. The number of carbonyl (C=O) groups excluding carboxylic acids is 1. The lowest BCUT2D eigenvalue weighted by Gasteiger charge is -2.10. The first-order valence-corrected chi connectivity index (χ1v) is 6.35. The van der Waals surface area contributed by atoms with Crippen LogP contribution in [0.4, 0.5) is 4.39 Å². The molecule has 2 rings (SSSR count). The summed E-state index contributed by atoms with van der Waals surface area (Å²) in [5, 5.41) is 0.0221. The lowest BCUT2D eigenvalue weighted by molar-refractivity contribution is 0.103. The second kappa shape index (κ2) is 5.14. The second-order valence-corrected chi connectivity index (χ2v) is 5.14. The van der Waals surface area contributed by atoms with Crippen LogP contribution in [-0.2, 0) is 0 Å². The molecule has 2 aromatic carbocycles. The summed E-state index contributed by atoms with van der Waals surface area (Å²) >= 11 is 5.63. The van der Waals surface area contributed by atoms with Gasteiger partial charge in [0.1, 0.15) is 5.82 Å². The van der Waals surface area contributed by atoms with E-state index in [1.807, 2.05) is 32.9 Å². The van der Waals surface area contributed by atoms with E-state index in [4.69, 9.17) is 11.6 Å². The lowest BCUT2D eigenvalue weighted by atomic mass is 9.93. The molecule has 0 aliphatic heterocycles. The monoisotopic (exact) mass is 276 g/mol. The van der Waals surface area contributed by atoms with Crippen LogP contribution in [0.15, 0.2) is 30.3 Å². The third kappa shape index (κ3) is 2.69. The number of ketones is 1. The van der Waals surface area contributed by atoms with Crippen LogP contribution in [0.25, 0.3) is 0 Å². The minimum Gasteiger partial charge on any atom is -0.289 e. The molecule has 1 nitrogen and oxygen atoms in total. The van der Waals surface area contributed by atoms with Gasteiger partial charge in [0.15, 0.2) is 5.78 Å². The average molecular weight is 277 g/mol. The van der Waals surface area contributed by atoms with Crippen molar-refractivity contribution in [1.82, 2.24) is 0 Å². The quantitative estimate of drug-likeness (QED) is 0.731. The van der Waals surface area contributed by atoms with Gasteiger partial charge in [-0.2, -0.15) is 0 Å². The van der Waals surface area contributed by atoms with Crippen molar-refractivity contribution in [3.8, 4) is 0 Å². The first-order chi connectivity index (χ1) is 8.90. The number of halogens is 2. The molecule has 0 fully saturated rings. The van der Waals surface area contributed by atoms with E-state index in [1.165, 1.54) is 12.1 Å². The predicted molar refractivity (Wildman–Crippen MR) is 75.5 cm³/mol. The van der Waals surface area contributed by atoms with Gasteiger partial charge in [0.25, 0.3) is 0 Å². The van der Waals surface area contributed by atoms with Crippen molar-refractivity contribution < 1.29 is 9.18 Å². The van der Waals surface area contributed by atoms with Crippen molar-refractivity contribution in [2.24, 2.45) is 0 Å². The molecule has 0 aromatic heterocycles. The molecule has 0 radical (unpaired) electrons. The van der Waals surface area contributed by atoms with Crippen molar-refractivity contribution in [3.05, 3.63) is 69.0 Å². The Morgan fingerprint density at radius 1 is 1.05 bits per heavy atom. The van der Waals surface area contributed by atoms with E-state index in [-0.39, 0.29) is 10.8 Å². The van der Waals surface area contributed by atoms with Gasteiger partial charge >= 0.3 is 0 Å². The molecular weight excluding hydrogens is 263 g/mol. The van der Waals surface area contributed by atoms with Gasteiger partial charge in [-0.15, -0.1) is 0 Å². The predicted octanol–water partition coefficient (Wildman–Crippen LogP) is 4.64. The first kappa shape index (κ1) is 13.8. The lowest BCUT2D eigenvalue weighted by Crippen LogP contribution is -2.07. The van der Waals surface area contributed by atoms with Crippen LogP contribution in [0, 0.1) is 26.6 Å². The Kier molecular flexibility index (Phi) is 3.72. The number of hydrogen-bond acceptors (Lipinski definition) is 1. The fraction of sp³-hybridized carbons (Fsp3) is 0.188. The number of hydrogen-bond donors (Lipinski definition) is 0. The summed E-state index contributed by atoms with van der Waals surface area (Å²) in [5.74, 6) is -0.750. The molecule has 0 unspecified atom stereocenters. The van der Waals surface area contributed by atoms with Gasteiger partial charge in [0.2, 0.25) is 0 Å². The molecule has 3 heteroatoms. The summed E-state index contributed by atoms with van der Waals surface area (Å²) in [7, 11) is 0. The summed E-state index contributed by atoms with van der Waals surface area (Å²) in [6, 6.07) is 8.04. The number of benzene rings is 2. The SMILES string of the molecule is Cc1cc(C)c(C(=O)c2ccc(Cl)c(F)c2)c(C)c1. The fourth-order valence-corrected chi connectivity index (χ4v) is 2.44. The Morgan fingerprint density at radius 2 is 1.63 bits per heavy atom. The number of aryl methyl sites for hydroxylation is 3. The van der Waals surface area contributed by atoms with Crippen molar-refractivity contribution in [3.63, 3.8) is 0 Å². The van der Waals surface area contributed by atoms with Crippen LogP contribution in [0.3, 0.4) is 0 Å². The Morgan fingerprint density at radius 3 is 2.16 bits per heavy atom. The molecule has 0 heterocycles. The highest BCUT2D eigenvalue weighted by Crippen LogP contribution is 2.22. The Labute approximate surface area is 117 Å². The maximum absolute atomic E-state index is 13.4. The van der Waals surface area contributed by atoms with E-state index < -0.39 is 5.82 Å². The van der Waals surface area contributed by atoms with E-state index in [0.717, 1.165) is 16.7 Å². The van der Waals surface area contributed by atoms with Crippen molar-refractivity contribution in [2.75, 3.05) is 0 Å². The average Bonchev–Trinajstić information content (AvgIpc) is 2.31. The van der Waals surface area contributed by atoms with Gasteiger partial charge in [0.05, 0.1) is 5.02 Å². The molecule has 19 heavy (non-hydrogen) atoms. The Bertz CT molecular complexity index is 639. The summed E-state index contributed by atoms with van der Waals surface area (Å²) in [4.78, 5) is 12.5. The van der Waals surface area contributed by atoms with Crippen molar-refractivity contribution in [2.45, 2.75) is 20.8 Å². The molecule has 0 bridgehead atoms. The van der Waals surface area contributed by atoms with E-state index in [0.29, 0.717) is 11.1 Å². The van der Waals surface area contributed by atoms with Crippen LogP contribution in [0.5, 0.6) is 0 Å². The van der Waals surface area contributed by atoms with Gasteiger partial charge in [-0.3, -0.25) is 4.79 Å². The molecule has 2 aromatic rings. The molecular formula is C16H14ClFO. The van der Waals surface area contributed by atoms with Crippen molar-refractivity contribution >= 4 is 17.4 Å². The Balaban J connectivity index is 2.53. The summed E-state index contributed by atoms with van der Waals surface area (Å²) in [6.45, 7) is 5.76. The maximum atomic E-state index is 13.4. The highest BCUT2D eigenvalue weighted by atomic mass is 35.5. The minimum absolute atomic E-state index is 0.0221. The first-order valence-electron chi connectivity index (χ1n) is 5.97. The maximum Gasteiger partial charge on any atom is 0.193 e. The zero-order valence-electron chi connectivity index (χ0n) is 11.1. The second-order valence-electron chi connectivity index (χ2n) is 4.73. The van der Waals surface area contributed by atoms with E-state index in [2.05, 4.69) is 0 Å². The van der Waals surface area contributed by atoms with Gasteiger partial charge < -0.3 is 0 Å². The smallest absolute Gasteiger partial charge is 0.193 e. The molecule has 0 spiro atoms. The third-order valence-corrected chi connectivity index (χ3v) is 3.39. The summed E-state index contributed by atoms with van der Waals surface area (Å²) in [6.07, 6.45) is 0. The summed E-state index contributed by atoms with van der Waals surface area (Å²) in [5.41, 5.74) is 3.86. The molecule has 0 N–H and O–H groups in total. The highest BCUT2D eigenvalue weighted by Gasteiger charge is 2.16. The summed E-state index contributed by atoms with van der Waals surface area (Å²) < 4.78 is 13.4. The topological polar surface area (TPSA) is 17.1 Å². The molecule has 0 saturated heterocycles.